The number of fused-ring (bicyclic) bond motifs is 1. The summed E-state index contributed by atoms with van der Waals surface area (Å²) >= 11 is 5.90. The third-order valence-corrected chi connectivity index (χ3v) is 8.20. The second-order valence-corrected chi connectivity index (χ2v) is 10.8. The smallest absolute Gasteiger partial charge is 0.227 e. The van der Waals surface area contributed by atoms with E-state index in [1.807, 2.05) is 0 Å². The van der Waals surface area contributed by atoms with Crippen LogP contribution >= 0.6 is 11.6 Å². The second kappa shape index (κ2) is 10.3. The lowest BCUT2D eigenvalue weighted by atomic mass is 9.90. The fourth-order valence-electron chi connectivity index (χ4n) is 5.78. The number of carbonyl (C=O) groups is 1. The van der Waals surface area contributed by atoms with Crippen LogP contribution in [0, 0.1) is 23.6 Å². The van der Waals surface area contributed by atoms with Crippen LogP contribution in [-0.4, -0.2) is 50.7 Å². The number of anilines is 1. The normalized spacial score (nSPS) is 21.2. The van der Waals surface area contributed by atoms with Crippen LogP contribution in [0.5, 0.6) is 5.75 Å². The van der Waals surface area contributed by atoms with Crippen molar-refractivity contribution in [3.63, 3.8) is 0 Å². The van der Waals surface area contributed by atoms with Crippen molar-refractivity contribution in [1.29, 1.82) is 0 Å². The molecule has 2 aliphatic heterocycles. The first-order valence-corrected chi connectivity index (χ1v) is 13.3. The highest BCUT2D eigenvalue weighted by molar-refractivity contribution is 6.30. The first-order valence-electron chi connectivity index (χ1n) is 13.0. The molecule has 1 saturated carbocycles. The average Bonchev–Trinajstić information content (AvgIpc) is 3.33. The lowest BCUT2D eigenvalue weighted by Gasteiger charge is -2.32. The maximum absolute atomic E-state index is 14.7. The summed E-state index contributed by atoms with van der Waals surface area (Å²) in [6.07, 6.45) is 9.61. The van der Waals surface area contributed by atoms with Gasteiger partial charge in [0.1, 0.15) is 11.6 Å². The molecular formula is C27H30ClFN6O2. The van der Waals surface area contributed by atoms with E-state index < -0.39 is 5.82 Å². The van der Waals surface area contributed by atoms with Crippen molar-refractivity contribution >= 4 is 23.5 Å². The van der Waals surface area contributed by atoms with Crippen LogP contribution in [0.15, 0.2) is 36.8 Å². The van der Waals surface area contributed by atoms with Gasteiger partial charge in [-0.05, 0) is 55.1 Å². The molecule has 2 unspecified atom stereocenters. The monoisotopic (exact) mass is 524 g/mol. The molecule has 1 N–H and O–H groups in total. The van der Waals surface area contributed by atoms with Crippen LogP contribution < -0.4 is 9.64 Å². The Balaban J connectivity index is 0.919. The summed E-state index contributed by atoms with van der Waals surface area (Å²) in [6.45, 7) is 3.54. The fourth-order valence-corrected chi connectivity index (χ4v) is 5.88. The number of hydrogen-bond donors (Lipinski definition) is 1. The van der Waals surface area contributed by atoms with Crippen molar-refractivity contribution in [2.45, 2.75) is 45.2 Å². The molecule has 1 aliphatic carbocycles. The number of rotatable bonds is 8. The predicted molar refractivity (Wildman–Crippen MR) is 137 cm³/mol. The Labute approximate surface area is 220 Å². The van der Waals surface area contributed by atoms with E-state index in [-0.39, 0.29) is 12.3 Å². The number of ether oxygens (including phenoxy) is 1. The van der Waals surface area contributed by atoms with E-state index in [1.165, 1.54) is 12.5 Å². The Bertz CT molecular complexity index is 1240. The largest absolute Gasteiger partial charge is 0.493 e. The van der Waals surface area contributed by atoms with Crippen LogP contribution in [0.4, 0.5) is 10.3 Å². The highest BCUT2D eigenvalue weighted by Crippen LogP contribution is 2.49. The van der Waals surface area contributed by atoms with Gasteiger partial charge in [0.25, 0.3) is 0 Å². The average molecular weight is 525 g/mol. The Kier molecular flexibility index (Phi) is 6.71. The minimum absolute atomic E-state index is 0.0382. The third kappa shape index (κ3) is 5.42. The number of nitrogens with zero attached hydrogens (tertiary/aromatic N) is 5. The first-order chi connectivity index (χ1) is 18.0. The van der Waals surface area contributed by atoms with Gasteiger partial charge in [-0.2, -0.15) is 5.10 Å². The van der Waals surface area contributed by atoms with Gasteiger partial charge in [-0.1, -0.05) is 17.7 Å². The number of aromatic nitrogens is 4. The molecule has 2 atom stereocenters. The zero-order chi connectivity index (χ0) is 25.4. The summed E-state index contributed by atoms with van der Waals surface area (Å²) in [6, 6.07) is 4.83. The standard InChI is InChI=1S/C27H30ClFN6O2/c28-21-13-30-27(31-14-21)34-6-3-17(4-7-34)23-9-18(23)5-8-37-22-2-1-19(24(29)11-22)10-26(36)35-15-20-12-32-33-25(20)16-35/h1-2,11-14,17-18,23H,3-10,15-16H2,(H,32,33). The molecule has 1 aromatic carbocycles. The van der Waals surface area contributed by atoms with E-state index in [1.54, 1.807) is 35.6 Å². The molecule has 10 heteroatoms. The van der Waals surface area contributed by atoms with Crippen molar-refractivity contribution < 1.29 is 13.9 Å². The lowest BCUT2D eigenvalue weighted by Crippen LogP contribution is -2.35. The van der Waals surface area contributed by atoms with E-state index in [0.717, 1.165) is 61.4 Å². The molecule has 8 nitrogen and oxygen atoms in total. The Morgan fingerprint density at radius 2 is 1.97 bits per heavy atom. The summed E-state index contributed by atoms with van der Waals surface area (Å²) in [5.41, 5.74) is 2.37. The number of amides is 1. The topological polar surface area (TPSA) is 87.2 Å². The summed E-state index contributed by atoms with van der Waals surface area (Å²) < 4.78 is 20.6. The van der Waals surface area contributed by atoms with Gasteiger partial charge >= 0.3 is 0 Å². The number of H-pyrrole nitrogens is 1. The quantitative estimate of drug-likeness (QED) is 0.470. The van der Waals surface area contributed by atoms with E-state index in [2.05, 4.69) is 25.1 Å². The zero-order valence-corrected chi connectivity index (χ0v) is 21.3. The number of halogens is 2. The van der Waals surface area contributed by atoms with E-state index in [0.29, 0.717) is 41.9 Å². The zero-order valence-electron chi connectivity index (χ0n) is 20.6. The highest BCUT2D eigenvalue weighted by atomic mass is 35.5. The van der Waals surface area contributed by atoms with Crippen LogP contribution in [0.25, 0.3) is 0 Å². The summed E-state index contributed by atoms with van der Waals surface area (Å²) in [4.78, 5) is 25.2. The molecule has 1 amide bonds. The number of benzene rings is 1. The molecule has 6 rings (SSSR count). The van der Waals surface area contributed by atoms with Crippen molar-refractivity contribution in [1.82, 2.24) is 25.1 Å². The number of nitrogens with one attached hydrogen (secondary N) is 1. The fraction of sp³-hybridized carbons (Fsp3) is 0.481. The molecule has 3 aliphatic rings. The van der Waals surface area contributed by atoms with Gasteiger partial charge in [-0.15, -0.1) is 0 Å². The molecule has 1 saturated heterocycles. The molecule has 2 fully saturated rings. The molecule has 0 radical (unpaired) electrons. The van der Waals surface area contributed by atoms with Crippen LogP contribution in [0.3, 0.4) is 0 Å². The van der Waals surface area contributed by atoms with Gasteiger partial charge in [0.2, 0.25) is 11.9 Å². The van der Waals surface area contributed by atoms with Gasteiger partial charge in [0, 0.05) is 31.3 Å². The maximum Gasteiger partial charge on any atom is 0.227 e. The lowest BCUT2D eigenvalue weighted by molar-refractivity contribution is -0.131. The highest BCUT2D eigenvalue weighted by Gasteiger charge is 2.43. The minimum atomic E-state index is -0.397. The summed E-state index contributed by atoms with van der Waals surface area (Å²) in [7, 11) is 0. The Hall–Kier alpha value is -3.20. The van der Waals surface area contributed by atoms with Crippen LogP contribution in [0.1, 0.15) is 42.5 Å². The van der Waals surface area contributed by atoms with E-state index in [9.17, 15) is 9.18 Å². The van der Waals surface area contributed by atoms with Crippen molar-refractivity contribution in [3.05, 3.63) is 64.5 Å². The van der Waals surface area contributed by atoms with Crippen molar-refractivity contribution in [2.75, 3.05) is 24.6 Å². The molecule has 0 bridgehead atoms. The Morgan fingerprint density at radius 3 is 2.73 bits per heavy atom. The van der Waals surface area contributed by atoms with Gasteiger partial charge < -0.3 is 14.5 Å². The van der Waals surface area contributed by atoms with Crippen molar-refractivity contribution in [3.8, 4) is 5.75 Å². The number of carbonyl (C=O) groups excluding carboxylic acids is 1. The molecule has 3 aromatic rings. The molecule has 2 aromatic heterocycles. The molecule has 37 heavy (non-hydrogen) atoms. The third-order valence-electron chi connectivity index (χ3n) is 8.01. The molecule has 194 valence electrons. The predicted octanol–water partition coefficient (Wildman–Crippen LogP) is 4.40. The van der Waals surface area contributed by atoms with Gasteiger partial charge in [-0.25, -0.2) is 14.4 Å². The van der Waals surface area contributed by atoms with Crippen LogP contribution in [-0.2, 0) is 24.3 Å². The van der Waals surface area contributed by atoms with Crippen LogP contribution in [0.2, 0.25) is 5.02 Å². The van der Waals surface area contributed by atoms with Gasteiger partial charge in [-0.3, -0.25) is 9.89 Å². The van der Waals surface area contributed by atoms with Crippen molar-refractivity contribution in [2.24, 2.45) is 17.8 Å². The molecule has 4 heterocycles. The van der Waals surface area contributed by atoms with E-state index >= 15 is 0 Å². The number of piperidine rings is 1. The summed E-state index contributed by atoms with van der Waals surface area (Å²) in [5, 5.41) is 7.44. The number of aromatic amines is 1. The van der Waals surface area contributed by atoms with E-state index in [4.69, 9.17) is 16.3 Å². The molecular weight excluding hydrogens is 495 g/mol. The molecule has 0 spiro atoms. The SMILES string of the molecule is O=C(Cc1ccc(OCCC2CC2C2CCN(c3ncc(Cl)cn3)CC2)cc1F)N1Cc2cn[nH]c2C1. The van der Waals surface area contributed by atoms with Gasteiger partial charge in [0.05, 0.1) is 48.9 Å². The maximum atomic E-state index is 14.7. The second-order valence-electron chi connectivity index (χ2n) is 10.4. The summed E-state index contributed by atoms with van der Waals surface area (Å²) in [5.74, 6) is 2.96. The number of hydrogen-bond acceptors (Lipinski definition) is 6. The van der Waals surface area contributed by atoms with Gasteiger partial charge in [0.15, 0.2) is 0 Å². The first kappa shape index (κ1) is 24.2. The minimum Gasteiger partial charge on any atom is -0.493 e. The Morgan fingerprint density at radius 1 is 1.16 bits per heavy atom.